The Bertz CT molecular complexity index is 1290. The summed E-state index contributed by atoms with van der Waals surface area (Å²) in [6, 6.07) is 10.3. The Balaban J connectivity index is 1.03. The molecule has 1 aliphatic carbocycles. The number of nitrogens with one attached hydrogen (secondary N) is 2. The van der Waals surface area contributed by atoms with Crippen molar-refractivity contribution in [1.29, 1.82) is 0 Å². The van der Waals surface area contributed by atoms with Crippen molar-refractivity contribution >= 4 is 34.4 Å². The Kier molecular flexibility index (Phi) is 8.37. The van der Waals surface area contributed by atoms with Crippen LogP contribution in [0, 0.1) is 0 Å². The average Bonchev–Trinajstić information content (AvgIpc) is 3.77. The van der Waals surface area contributed by atoms with E-state index in [1.54, 1.807) is 4.57 Å². The van der Waals surface area contributed by atoms with Gasteiger partial charge in [0.2, 0.25) is 0 Å². The number of benzene rings is 1. The summed E-state index contributed by atoms with van der Waals surface area (Å²) >= 11 is 5.43. The van der Waals surface area contributed by atoms with Crippen LogP contribution in [0.15, 0.2) is 43.0 Å². The number of anilines is 1. The molecule has 12 nitrogen and oxygen atoms in total. The van der Waals surface area contributed by atoms with Gasteiger partial charge in [0, 0.05) is 6.61 Å². The van der Waals surface area contributed by atoms with Crippen LogP contribution in [0.4, 0.5) is 5.82 Å². The molecule has 0 unspecified atom stereocenters. The van der Waals surface area contributed by atoms with Gasteiger partial charge in [0.25, 0.3) is 5.17 Å². The fraction of sp³-hybridized carbons (Fsp3) is 0.556. The number of nitrogens with zero attached hydrogens (tertiary/aromatic N) is 4. The largest absolute Gasteiger partial charge is 0.468 e. The number of aliphatic hydroxyl groups is 2. The topological polar surface area (TPSA) is 145 Å². The molecule has 3 aliphatic rings. The minimum absolute atomic E-state index is 0.0263. The van der Waals surface area contributed by atoms with Crippen molar-refractivity contribution in [3.05, 3.63) is 48.5 Å². The molecule has 4 N–H and O–H groups in total. The van der Waals surface area contributed by atoms with Crippen molar-refractivity contribution in [2.75, 3.05) is 25.1 Å². The van der Waals surface area contributed by atoms with Gasteiger partial charge >= 0.3 is 0 Å². The van der Waals surface area contributed by atoms with Crippen LogP contribution in [-0.2, 0) is 25.6 Å². The monoisotopic (exact) mass is 570 g/mol. The van der Waals surface area contributed by atoms with E-state index in [1.165, 1.54) is 12.7 Å². The smallest absolute Gasteiger partial charge is 0.257 e. The molecule has 13 heteroatoms. The summed E-state index contributed by atoms with van der Waals surface area (Å²) < 4.78 is 25.0. The number of aliphatic hydroxyl groups excluding tert-OH is 2. The van der Waals surface area contributed by atoms with Gasteiger partial charge in [0.1, 0.15) is 31.2 Å². The van der Waals surface area contributed by atoms with E-state index in [0.29, 0.717) is 36.8 Å². The Morgan fingerprint density at radius 1 is 1.10 bits per heavy atom. The lowest BCUT2D eigenvalue weighted by Gasteiger charge is -2.23. The third-order valence-electron chi connectivity index (χ3n) is 7.68. The lowest BCUT2D eigenvalue weighted by atomic mass is 10.1. The molecular weight excluding hydrogens is 536 g/mol. The molecule has 3 aromatic rings. The fourth-order valence-electron chi connectivity index (χ4n) is 5.50. The number of hydrogen-bond acceptors (Lipinski definition) is 11. The van der Waals surface area contributed by atoms with Gasteiger partial charge in [-0.15, -0.1) is 0 Å². The Morgan fingerprint density at radius 3 is 2.80 bits per heavy atom. The standard InChI is InChI=1S/C27H34N6O6S/c34-22-20(13-38-27(40)32-18-7-4-8-19(18)37-11-16-5-2-1-3-6-16)39-26(23(22)35)33-15-30-21-24(28-14-29-25(21)33)31-17-9-10-36-12-17/h1-3,5-6,14-15,17-20,22-23,26,34-35H,4,7-13H2,(H,32,40)(H,28,29,31)/t17-,18-,19-,20-,22-,23-,26-/m1/s1. The molecule has 0 spiro atoms. The number of hydrogen-bond donors (Lipinski definition) is 4. The first kappa shape index (κ1) is 27.2. The first-order chi connectivity index (χ1) is 19.6. The summed E-state index contributed by atoms with van der Waals surface area (Å²) in [7, 11) is 0. The van der Waals surface area contributed by atoms with Crippen molar-refractivity contribution in [3.8, 4) is 0 Å². The first-order valence-corrected chi connectivity index (χ1v) is 14.1. The van der Waals surface area contributed by atoms with Crippen LogP contribution < -0.4 is 10.6 Å². The van der Waals surface area contributed by atoms with Gasteiger partial charge in [0.05, 0.1) is 37.7 Å². The number of ether oxygens (including phenoxy) is 4. The SMILES string of the molecule is O[C@@H]1[C@H](O)[C@@H](COC(=S)N[C@@H]2CCC[C@H]2OCc2ccccc2)O[C@H]1n1cnc2c(N[C@@H]3CCOC3)ncnc21. The normalized spacial score (nSPS) is 30.1. The quantitative estimate of drug-likeness (QED) is 0.278. The zero-order valence-electron chi connectivity index (χ0n) is 22.0. The average molecular weight is 571 g/mol. The van der Waals surface area contributed by atoms with Crippen molar-refractivity contribution in [2.24, 2.45) is 0 Å². The Morgan fingerprint density at radius 2 is 1.98 bits per heavy atom. The van der Waals surface area contributed by atoms with Crippen LogP contribution in [0.25, 0.3) is 11.2 Å². The highest BCUT2D eigenvalue weighted by atomic mass is 32.1. The van der Waals surface area contributed by atoms with E-state index < -0.39 is 24.5 Å². The number of imidazole rings is 1. The third kappa shape index (κ3) is 5.90. The molecule has 1 aromatic carbocycles. The minimum Gasteiger partial charge on any atom is -0.468 e. The van der Waals surface area contributed by atoms with E-state index in [9.17, 15) is 10.2 Å². The predicted octanol–water partition coefficient (Wildman–Crippen LogP) is 1.68. The molecular formula is C27H34N6O6S. The van der Waals surface area contributed by atoms with Gasteiger partial charge < -0.3 is 39.8 Å². The van der Waals surface area contributed by atoms with Gasteiger partial charge in [-0.1, -0.05) is 30.3 Å². The van der Waals surface area contributed by atoms with Crippen molar-refractivity contribution in [2.45, 2.75) is 75.0 Å². The van der Waals surface area contributed by atoms with E-state index in [4.69, 9.17) is 31.2 Å². The van der Waals surface area contributed by atoms with Crippen molar-refractivity contribution < 1.29 is 29.2 Å². The maximum atomic E-state index is 10.8. The molecule has 2 aliphatic heterocycles. The number of aromatic nitrogens is 4. The molecule has 214 valence electrons. The van der Waals surface area contributed by atoms with E-state index in [2.05, 4.69) is 25.6 Å². The summed E-state index contributed by atoms with van der Waals surface area (Å²) in [5.74, 6) is 0.585. The molecule has 0 amide bonds. The molecule has 1 saturated carbocycles. The van der Waals surface area contributed by atoms with Gasteiger partial charge in [-0.25, -0.2) is 15.0 Å². The van der Waals surface area contributed by atoms with Crippen LogP contribution in [0.3, 0.4) is 0 Å². The summed E-state index contributed by atoms with van der Waals surface area (Å²) in [6.45, 7) is 1.81. The van der Waals surface area contributed by atoms with Crippen LogP contribution in [-0.4, -0.2) is 91.2 Å². The van der Waals surface area contributed by atoms with Crippen LogP contribution in [0.5, 0.6) is 0 Å². The lowest BCUT2D eigenvalue weighted by Crippen LogP contribution is -2.42. The van der Waals surface area contributed by atoms with E-state index in [1.807, 2.05) is 30.3 Å². The highest BCUT2D eigenvalue weighted by Crippen LogP contribution is 2.33. The zero-order valence-corrected chi connectivity index (χ0v) is 22.8. The summed E-state index contributed by atoms with van der Waals surface area (Å²) in [5.41, 5.74) is 2.15. The van der Waals surface area contributed by atoms with E-state index >= 15 is 0 Å². The second-order valence-electron chi connectivity index (χ2n) is 10.4. The third-order valence-corrected chi connectivity index (χ3v) is 7.92. The molecule has 0 radical (unpaired) electrons. The van der Waals surface area contributed by atoms with Crippen LogP contribution >= 0.6 is 12.2 Å². The van der Waals surface area contributed by atoms with Gasteiger partial charge in [-0.3, -0.25) is 4.57 Å². The molecule has 7 atom stereocenters. The maximum Gasteiger partial charge on any atom is 0.257 e. The molecule has 6 rings (SSSR count). The zero-order chi connectivity index (χ0) is 27.5. The lowest BCUT2D eigenvalue weighted by molar-refractivity contribution is -0.0494. The molecule has 2 aromatic heterocycles. The summed E-state index contributed by atoms with van der Waals surface area (Å²) in [5, 5.41) is 28.4. The first-order valence-electron chi connectivity index (χ1n) is 13.7. The van der Waals surface area contributed by atoms with Gasteiger partial charge in [0.15, 0.2) is 23.2 Å². The molecule has 40 heavy (non-hydrogen) atoms. The highest BCUT2D eigenvalue weighted by Gasteiger charge is 2.45. The van der Waals surface area contributed by atoms with Crippen LogP contribution in [0.2, 0.25) is 0 Å². The summed E-state index contributed by atoms with van der Waals surface area (Å²) in [4.78, 5) is 13.1. The van der Waals surface area contributed by atoms with Crippen molar-refractivity contribution in [1.82, 2.24) is 24.8 Å². The second kappa shape index (κ2) is 12.3. The molecule has 0 bridgehead atoms. The Hall–Kier alpha value is -2.94. The maximum absolute atomic E-state index is 10.8. The predicted molar refractivity (Wildman–Crippen MR) is 148 cm³/mol. The minimum atomic E-state index is -1.22. The number of fused-ring (bicyclic) bond motifs is 1. The molecule has 2 saturated heterocycles. The Labute approximate surface area is 237 Å². The van der Waals surface area contributed by atoms with Gasteiger partial charge in [-0.05, 0) is 43.5 Å². The van der Waals surface area contributed by atoms with Gasteiger partial charge in [-0.2, -0.15) is 0 Å². The van der Waals surface area contributed by atoms with E-state index in [-0.39, 0.29) is 30.0 Å². The highest BCUT2D eigenvalue weighted by molar-refractivity contribution is 7.80. The summed E-state index contributed by atoms with van der Waals surface area (Å²) in [6.07, 6.45) is 2.66. The number of rotatable bonds is 9. The second-order valence-corrected chi connectivity index (χ2v) is 10.8. The fourth-order valence-corrected chi connectivity index (χ4v) is 5.72. The molecule has 3 fully saturated rings. The molecule has 4 heterocycles. The van der Waals surface area contributed by atoms with E-state index in [0.717, 1.165) is 31.2 Å². The number of thiocarbonyl (C=S) groups is 1. The van der Waals surface area contributed by atoms with Crippen LogP contribution in [0.1, 0.15) is 37.5 Å². The van der Waals surface area contributed by atoms with Crippen molar-refractivity contribution in [3.63, 3.8) is 0 Å².